The molecule has 2 aromatic rings. The highest BCUT2D eigenvalue weighted by Gasteiger charge is 2.31. The van der Waals surface area contributed by atoms with E-state index in [-0.39, 0.29) is 16.1 Å². The number of sulfone groups is 1. The molecule has 2 aromatic carbocycles. The Morgan fingerprint density at radius 2 is 1.58 bits per heavy atom. The average molecular weight is 497 g/mol. The van der Waals surface area contributed by atoms with Crippen LogP contribution in [0.2, 0.25) is 0 Å². The van der Waals surface area contributed by atoms with Crippen molar-refractivity contribution >= 4 is 31.2 Å². The molecule has 10 heteroatoms. The van der Waals surface area contributed by atoms with Gasteiger partial charge in [-0.25, -0.2) is 16.8 Å². The molecule has 0 atom stereocenters. The van der Waals surface area contributed by atoms with E-state index in [2.05, 4.69) is 16.5 Å². The molecule has 3 rings (SSSR count). The minimum absolute atomic E-state index is 0.0920. The number of nitrogens with zero attached hydrogens (tertiary/aromatic N) is 1. The molecular formula is C23H32N2O6S2. The Labute approximate surface area is 196 Å². The van der Waals surface area contributed by atoms with Crippen LogP contribution in [0.3, 0.4) is 0 Å². The van der Waals surface area contributed by atoms with E-state index in [1.807, 2.05) is 12.1 Å². The van der Waals surface area contributed by atoms with Crippen molar-refractivity contribution in [2.45, 2.75) is 30.4 Å². The van der Waals surface area contributed by atoms with E-state index in [1.54, 1.807) is 19.2 Å². The summed E-state index contributed by atoms with van der Waals surface area (Å²) in [6.07, 6.45) is 1.92. The van der Waals surface area contributed by atoms with Gasteiger partial charge in [-0.3, -0.25) is 4.72 Å². The summed E-state index contributed by atoms with van der Waals surface area (Å²) in [6, 6.07) is 13.2. The van der Waals surface area contributed by atoms with Crippen LogP contribution in [0.25, 0.3) is 0 Å². The molecule has 0 spiro atoms. The van der Waals surface area contributed by atoms with Crippen LogP contribution in [0.4, 0.5) is 11.4 Å². The van der Waals surface area contributed by atoms with E-state index in [1.165, 1.54) is 31.4 Å². The first-order valence-corrected chi connectivity index (χ1v) is 14.0. The van der Waals surface area contributed by atoms with Crippen molar-refractivity contribution in [2.24, 2.45) is 5.41 Å². The highest BCUT2D eigenvalue weighted by atomic mass is 32.2. The van der Waals surface area contributed by atoms with Gasteiger partial charge in [0.05, 0.1) is 28.6 Å². The molecule has 182 valence electrons. The van der Waals surface area contributed by atoms with Gasteiger partial charge < -0.3 is 14.4 Å². The Morgan fingerprint density at radius 3 is 2.18 bits per heavy atom. The lowest BCUT2D eigenvalue weighted by atomic mass is 9.81. The SMILES string of the molecule is COCC1(C)CCN(c2ccccc2NS(=O)(=O)Cc2ccc(S(=O)(=O)COC)cc2)CC1. The summed E-state index contributed by atoms with van der Waals surface area (Å²) in [5.41, 5.74) is 2.00. The Kier molecular flexibility index (Phi) is 8.04. The van der Waals surface area contributed by atoms with Crippen molar-refractivity contribution in [1.82, 2.24) is 0 Å². The van der Waals surface area contributed by atoms with Crippen LogP contribution < -0.4 is 9.62 Å². The Balaban J connectivity index is 1.71. The van der Waals surface area contributed by atoms with Crippen molar-refractivity contribution in [2.75, 3.05) is 49.5 Å². The number of hydrogen-bond acceptors (Lipinski definition) is 7. The number of sulfonamides is 1. The minimum Gasteiger partial charge on any atom is -0.384 e. The highest BCUT2D eigenvalue weighted by molar-refractivity contribution is 7.92. The number of methoxy groups -OCH3 is 2. The lowest BCUT2D eigenvalue weighted by molar-refractivity contribution is 0.0731. The van der Waals surface area contributed by atoms with E-state index < -0.39 is 25.8 Å². The molecule has 0 radical (unpaired) electrons. The van der Waals surface area contributed by atoms with Crippen molar-refractivity contribution in [3.63, 3.8) is 0 Å². The van der Waals surface area contributed by atoms with Gasteiger partial charge in [0.25, 0.3) is 0 Å². The van der Waals surface area contributed by atoms with Gasteiger partial charge in [0.15, 0.2) is 5.94 Å². The van der Waals surface area contributed by atoms with Gasteiger partial charge >= 0.3 is 0 Å². The first-order chi connectivity index (χ1) is 15.6. The second-order valence-electron chi connectivity index (χ2n) is 8.77. The van der Waals surface area contributed by atoms with Crippen molar-refractivity contribution in [3.8, 4) is 0 Å². The first-order valence-electron chi connectivity index (χ1n) is 10.7. The molecule has 33 heavy (non-hydrogen) atoms. The van der Waals surface area contributed by atoms with Crippen LogP contribution in [-0.4, -0.2) is 56.7 Å². The Hall–Kier alpha value is -2.14. The molecule has 1 N–H and O–H groups in total. The molecule has 1 aliphatic heterocycles. The number of rotatable bonds is 10. The van der Waals surface area contributed by atoms with E-state index in [0.29, 0.717) is 17.9 Å². The minimum atomic E-state index is -3.71. The monoisotopic (exact) mass is 496 g/mol. The predicted octanol–water partition coefficient (Wildman–Crippen LogP) is 3.26. The number of nitrogens with one attached hydrogen (secondary N) is 1. The van der Waals surface area contributed by atoms with Gasteiger partial charge in [-0.05, 0) is 48.1 Å². The quantitative estimate of drug-likeness (QED) is 0.539. The molecule has 1 fully saturated rings. The summed E-state index contributed by atoms with van der Waals surface area (Å²) in [6.45, 7) is 4.56. The summed E-state index contributed by atoms with van der Waals surface area (Å²) < 4.78 is 62.7. The fraction of sp³-hybridized carbons (Fsp3) is 0.478. The molecule has 0 bridgehead atoms. The number of piperidine rings is 1. The van der Waals surface area contributed by atoms with E-state index >= 15 is 0 Å². The predicted molar refractivity (Wildman–Crippen MR) is 130 cm³/mol. The number of ether oxygens (including phenoxy) is 2. The molecule has 0 amide bonds. The van der Waals surface area contributed by atoms with E-state index in [0.717, 1.165) is 31.6 Å². The third-order valence-electron chi connectivity index (χ3n) is 5.89. The number of para-hydroxylation sites is 2. The average Bonchev–Trinajstić information content (AvgIpc) is 2.75. The van der Waals surface area contributed by atoms with Crippen molar-refractivity contribution < 1.29 is 26.3 Å². The first kappa shape index (κ1) is 25.5. The zero-order chi connectivity index (χ0) is 24.1. The van der Waals surface area contributed by atoms with Gasteiger partial charge in [0.2, 0.25) is 19.9 Å². The van der Waals surface area contributed by atoms with Gasteiger partial charge in [0.1, 0.15) is 0 Å². The molecular weight excluding hydrogens is 464 g/mol. The standard InChI is InChI=1S/C23H32N2O6S2/c1-23(17-30-2)12-14-25(15-13-23)22-7-5-4-6-21(22)24-33(28,29)16-19-8-10-20(11-9-19)32(26,27)18-31-3/h4-11,24H,12-18H2,1-3H3. The molecule has 1 aliphatic rings. The molecule has 0 aliphatic carbocycles. The fourth-order valence-corrected chi connectivity index (χ4v) is 6.26. The zero-order valence-corrected chi connectivity index (χ0v) is 20.9. The Bertz CT molecular complexity index is 1140. The molecule has 0 saturated carbocycles. The van der Waals surface area contributed by atoms with Crippen LogP contribution in [-0.2, 0) is 35.1 Å². The normalized spacial score (nSPS) is 16.5. The molecule has 1 heterocycles. The zero-order valence-electron chi connectivity index (χ0n) is 19.3. The fourth-order valence-electron chi connectivity index (χ4n) is 4.06. The molecule has 0 unspecified atom stereocenters. The van der Waals surface area contributed by atoms with Gasteiger partial charge in [-0.15, -0.1) is 0 Å². The lowest BCUT2D eigenvalue weighted by Crippen LogP contribution is -2.41. The van der Waals surface area contributed by atoms with E-state index in [9.17, 15) is 16.8 Å². The molecule has 1 saturated heterocycles. The molecule has 0 aromatic heterocycles. The number of anilines is 2. The molecule has 8 nitrogen and oxygen atoms in total. The maximum atomic E-state index is 12.9. The van der Waals surface area contributed by atoms with Gasteiger partial charge in [0, 0.05) is 27.3 Å². The summed E-state index contributed by atoms with van der Waals surface area (Å²) in [4.78, 5) is 2.29. The third-order valence-corrected chi connectivity index (χ3v) is 8.67. The van der Waals surface area contributed by atoms with Crippen LogP contribution in [0.15, 0.2) is 53.4 Å². The van der Waals surface area contributed by atoms with Crippen LogP contribution >= 0.6 is 0 Å². The summed E-state index contributed by atoms with van der Waals surface area (Å²) >= 11 is 0. The highest BCUT2D eigenvalue weighted by Crippen LogP contribution is 2.36. The number of hydrogen-bond donors (Lipinski definition) is 1. The topological polar surface area (TPSA) is 102 Å². The van der Waals surface area contributed by atoms with Crippen LogP contribution in [0, 0.1) is 5.41 Å². The van der Waals surface area contributed by atoms with Gasteiger partial charge in [-0.2, -0.15) is 0 Å². The lowest BCUT2D eigenvalue weighted by Gasteiger charge is -2.40. The number of benzene rings is 2. The Morgan fingerprint density at radius 1 is 0.939 bits per heavy atom. The van der Waals surface area contributed by atoms with E-state index in [4.69, 9.17) is 9.47 Å². The largest absolute Gasteiger partial charge is 0.384 e. The third kappa shape index (κ3) is 6.69. The van der Waals surface area contributed by atoms with Crippen molar-refractivity contribution in [1.29, 1.82) is 0 Å². The second-order valence-corrected chi connectivity index (χ2v) is 12.4. The van der Waals surface area contributed by atoms with Crippen LogP contribution in [0.5, 0.6) is 0 Å². The summed E-state index contributed by atoms with van der Waals surface area (Å²) in [5.74, 6) is -0.693. The van der Waals surface area contributed by atoms with Crippen LogP contribution in [0.1, 0.15) is 25.3 Å². The second kappa shape index (κ2) is 10.4. The smallest absolute Gasteiger partial charge is 0.236 e. The maximum Gasteiger partial charge on any atom is 0.236 e. The van der Waals surface area contributed by atoms with Gasteiger partial charge in [-0.1, -0.05) is 31.2 Å². The van der Waals surface area contributed by atoms with Crippen molar-refractivity contribution in [3.05, 3.63) is 54.1 Å². The summed E-state index contributed by atoms with van der Waals surface area (Å²) in [7, 11) is -4.23. The summed E-state index contributed by atoms with van der Waals surface area (Å²) in [5, 5.41) is 0. The maximum absolute atomic E-state index is 12.9.